The van der Waals surface area contributed by atoms with Crippen LogP contribution in [-0.2, 0) is 10.3 Å². The molecule has 5 heteroatoms. The van der Waals surface area contributed by atoms with Gasteiger partial charge in [-0.15, -0.1) is 0 Å². The first-order chi connectivity index (χ1) is 9.08. The molecule has 1 aliphatic rings. The van der Waals surface area contributed by atoms with Gasteiger partial charge in [0.05, 0.1) is 11.9 Å². The molecule has 1 aliphatic heterocycles. The van der Waals surface area contributed by atoms with E-state index in [0.717, 1.165) is 6.20 Å². The summed E-state index contributed by atoms with van der Waals surface area (Å²) in [6, 6.07) is 2.87. The lowest BCUT2D eigenvalue weighted by Gasteiger charge is -2.48. The van der Waals surface area contributed by atoms with Crippen molar-refractivity contribution in [3.05, 3.63) is 29.8 Å². The third-order valence-electron chi connectivity index (χ3n) is 4.38. The topological polar surface area (TPSA) is 68.4 Å². The maximum atomic E-state index is 13.0. The van der Waals surface area contributed by atoms with Gasteiger partial charge in [-0.3, -0.25) is 4.98 Å². The summed E-state index contributed by atoms with van der Waals surface area (Å²) >= 11 is 0. The van der Waals surface area contributed by atoms with Crippen molar-refractivity contribution in [1.82, 2.24) is 4.98 Å². The Labute approximate surface area is 112 Å². The Bertz CT molecular complexity index is 418. The standard InChI is InChI=1S/C14H21FN2O2/c1-2-14(18,12-4-3-11(15)9-17-12)13(10-16)5-7-19-8-6-13/h3-4,9,18H,2,5-8,10,16H2,1H3. The van der Waals surface area contributed by atoms with Crippen LogP contribution in [0, 0.1) is 11.2 Å². The predicted octanol–water partition coefficient (Wildman–Crippen LogP) is 1.57. The molecule has 4 nitrogen and oxygen atoms in total. The fraction of sp³-hybridized carbons (Fsp3) is 0.643. The second-order valence-corrected chi connectivity index (χ2v) is 5.17. The minimum absolute atomic E-state index is 0.361. The van der Waals surface area contributed by atoms with Gasteiger partial charge in [0.15, 0.2) is 0 Å². The molecule has 0 radical (unpaired) electrons. The smallest absolute Gasteiger partial charge is 0.141 e. The minimum Gasteiger partial charge on any atom is -0.383 e. The third-order valence-corrected chi connectivity index (χ3v) is 4.38. The van der Waals surface area contributed by atoms with Crippen LogP contribution in [0.15, 0.2) is 18.3 Å². The number of halogens is 1. The number of hydrogen-bond acceptors (Lipinski definition) is 4. The number of hydrogen-bond donors (Lipinski definition) is 2. The lowest BCUT2D eigenvalue weighted by Crippen LogP contribution is -2.53. The molecule has 0 saturated carbocycles. The van der Waals surface area contributed by atoms with E-state index in [-0.39, 0.29) is 0 Å². The maximum absolute atomic E-state index is 13.0. The summed E-state index contributed by atoms with van der Waals surface area (Å²) in [5, 5.41) is 11.1. The van der Waals surface area contributed by atoms with Gasteiger partial charge in [0.1, 0.15) is 11.4 Å². The minimum atomic E-state index is -1.14. The maximum Gasteiger partial charge on any atom is 0.141 e. The van der Waals surface area contributed by atoms with Crippen LogP contribution in [0.1, 0.15) is 31.9 Å². The van der Waals surface area contributed by atoms with E-state index in [2.05, 4.69) is 4.98 Å². The first kappa shape index (κ1) is 14.4. The summed E-state index contributed by atoms with van der Waals surface area (Å²) in [5.41, 5.74) is 4.85. The molecular formula is C14H21FN2O2. The molecule has 0 bridgehead atoms. The first-order valence-electron chi connectivity index (χ1n) is 6.70. The molecule has 106 valence electrons. The van der Waals surface area contributed by atoms with Crippen LogP contribution >= 0.6 is 0 Å². The van der Waals surface area contributed by atoms with Crippen molar-refractivity contribution < 1.29 is 14.2 Å². The van der Waals surface area contributed by atoms with E-state index in [0.29, 0.717) is 44.7 Å². The zero-order chi connectivity index (χ0) is 13.9. The lowest BCUT2D eigenvalue weighted by molar-refractivity contribution is -0.139. The second kappa shape index (κ2) is 5.53. The Morgan fingerprint density at radius 2 is 2.16 bits per heavy atom. The van der Waals surface area contributed by atoms with Crippen molar-refractivity contribution in [1.29, 1.82) is 0 Å². The number of nitrogens with two attached hydrogens (primary N) is 1. The van der Waals surface area contributed by atoms with Crippen LogP contribution in [0.2, 0.25) is 0 Å². The van der Waals surface area contributed by atoms with Gasteiger partial charge in [-0.25, -0.2) is 4.39 Å². The first-order valence-corrected chi connectivity index (χ1v) is 6.70. The third kappa shape index (κ3) is 2.38. The fourth-order valence-corrected chi connectivity index (χ4v) is 3.00. The zero-order valence-corrected chi connectivity index (χ0v) is 11.2. The summed E-state index contributed by atoms with van der Waals surface area (Å²) in [4.78, 5) is 4.07. The van der Waals surface area contributed by atoms with Gasteiger partial charge in [-0.2, -0.15) is 0 Å². The molecule has 3 N–H and O–H groups in total. The Balaban J connectivity index is 2.42. The Morgan fingerprint density at radius 1 is 1.47 bits per heavy atom. The van der Waals surface area contributed by atoms with Crippen LogP contribution in [0.4, 0.5) is 4.39 Å². The lowest BCUT2D eigenvalue weighted by atomic mass is 9.64. The number of pyridine rings is 1. The van der Waals surface area contributed by atoms with Crippen LogP contribution in [0.25, 0.3) is 0 Å². The highest BCUT2D eigenvalue weighted by molar-refractivity contribution is 5.19. The molecule has 1 aromatic heterocycles. The van der Waals surface area contributed by atoms with Gasteiger partial charge in [-0.05, 0) is 31.4 Å². The molecule has 0 aliphatic carbocycles. The van der Waals surface area contributed by atoms with E-state index in [1.54, 1.807) is 6.07 Å². The molecule has 2 rings (SSSR count). The van der Waals surface area contributed by atoms with Gasteiger partial charge in [0.25, 0.3) is 0 Å². The van der Waals surface area contributed by atoms with Crippen molar-refractivity contribution >= 4 is 0 Å². The van der Waals surface area contributed by atoms with Crippen LogP contribution in [0.3, 0.4) is 0 Å². The van der Waals surface area contributed by atoms with Crippen molar-refractivity contribution in [2.75, 3.05) is 19.8 Å². The Hall–Kier alpha value is -1.04. The summed E-state index contributed by atoms with van der Waals surface area (Å²) in [5.74, 6) is -0.407. The van der Waals surface area contributed by atoms with Gasteiger partial charge in [0, 0.05) is 25.2 Å². The molecule has 1 unspecified atom stereocenters. The van der Waals surface area contributed by atoms with E-state index in [1.807, 2.05) is 6.92 Å². The van der Waals surface area contributed by atoms with Crippen molar-refractivity contribution in [2.24, 2.45) is 11.1 Å². The fourth-order valence-electron chi connectivity index (χ4n) is 3.00. The molecule has 19 heavy (non-hydrogen) atoms. The molecule has 0 spiro atoms. The van der Waals surface area contributed by atoms with E-state index < -0.39 is 16.8 Å². The zero-order valence-electron chi connectivity index (χ0n) is 11.2. The van der Waals surface area contributed by atoms with Gasteiger partial charge in [-0.1, -0.05) is 6.92 Å². The van der Waals surface area contributed by atoms with E-state index in [9.17, 15) is 9.50 Å². The highest BCUT2D eigenvalue weighted by Crippen LogP contribution is 2.47. The SMILES string of the molecule is CCC(O)(c1ccc(F)cn1)C1(CN)CCOCC1. The van der Waals surface area contributed by atoms with Gasteiger partial charge in [0.2, 0.25) is 0 Å². The molecule has 1 fully saturated rings. The van der Waals surface area contributed by atoms with Gasteiger partial charge < -0.3 is 15.6 Å². The van der Waals surface area contributed by atoms with E-state index in [4.69, 9.17) is 10.5 Å². The summed E-state index contributed by atoms with van der Waals surface area (Å²) in [6.45, 7) is 3.43. The van der Waals surface area contributed by atoms with Crippen molar-refractivity contribution in [3.8, 4) is 0 Å². The summed E-state index contributed by atoms with van der Waals surface area (Å²) in [6.07, 6.45) is 3.00. The number of rotatable bonds is 4. The quantitative estimate of drug-likeness (QED) is 0.870. The molecular weight excluding hydrogens is 247 g/mol. The highest BCUT2D eigenvalue weighted by Gasteiger charge is 2.50. The van der Waals surface area contributed by atoms with Gasteiger partial charge >= 0.3 is 0 Å². The molecule has 1 aromatic rings. The number of ether oxygens (including phenoxy) is 1. The summed E-state index contributed by atoms with van der Waals surface area (Å²) in [7, 11) is 0. The summed E-state index contributed by atoms with van der Waals surface area (Å²) < 4.78 is 18.4. The van der Waals surface area contributed by atoms with Crippen molar-refractivity contribution in [2.45, 2.75) is 31.8 Å². The number of aromatic nitrogens is 1. The predicted molar refractivity (Wildman–Crippen MR) is 69.9 cm³/mol. The van der Waals surface area contributed by atoms with Crippen molar-refractivity contribution in [3.63, 3.8) is 0 Å². The molecule has 1 atom stereocenters. The van der Waals surface area contributed by atoms with E-state index >= 15 is 0 Å². The molecule has 2 heterocycles. The number of aliphatic hydroxyl groups is 1. The molecule has 0 amide bonds. The van der Waals surface area contributed by atoms with Crippen LogP contribution < -0.4 is 5.73 Å². The molecule has 1 saturated heterocycles. The number of nitrogens with zero attached hydrogens (tertiary/aromatic N) is 1. The largest absolute Gasteiger partial charge is 0.383 e. The normalized spacial score (nSPS) is 21.9. The van der Waals surface area contributed by atoms with E-state index in [1.165, 1.54) is 6.07 Å². The Morgan fingerprint density at radius 3 is 2.63 bits per heavy atom. The monoisotopic (exact) mass is 268 g/mol. The molecule has 0 aromatic carbocycles. The Kier molecular flexibility index (Phi) is 4.18. The average Bonchev–Trinajstić information content (AvgIpc) is 2.47. The van der Waals surface area contributed by atoms with Crippen LogP contribution in [0.5, 0.6) is 0 Å². The average molecular weight is 268 g/mol. The second-order valence-electron chi connectivity index (χ2n) is 5.17. The highest BCUT2D eigenvalue weighted by atomic mass is 19.1. The van der Waals surface area contributed by atoms with Crippen LogP contribution in [-0.4, -0.2) is 29.8 Å².